The van der Waals surface area contributed by atoms with Gasteiger partial charge in [0.15, 0.2) is 17.1 Å². The van der Waals surface area contributed by atoms with Crippen LogP contribution in [0.3, 0.4) is 0 Å². The van der Waals surface area contributed by atoms with Crippen LogP contribution >= 0.6 is 0 Å². The topological polar surface area (TPSA) is 128 Å². The highest BCUT2D eigenvalue weighted by atomic mass is 16.6. The van der Waals surface area contributed by atoms with Crippen LogP contribution < -0.4 is 29.1 Å². The van der Waals surface area contributed by atoms with Crippen molar-refractivity contribution in [3.8, 4) is 40.1 Å². The molecule has 0 unspecified atom stereocenters. The van der Waals surface area contributed by atoms with Gasteiger partial charge in [0.05, 0.1) is 14.2 Å². The van der Waals surface area contributed by atoms with E-state index in [2.05, 4.69) is 0 Å². The van der Waals surface area contributed by atoms with Gasteiger partial charge in [-0.3, -0.25) is 14.4 Å². The van der Waals surface area contributed by atoms with Crippen molar-refractivity contribution in [2.24, 2.45) is 0 Å². The molecule has 0 saturated heterocycles. The van der Waals surface area contributed by atoms with Gasteiger partial charge in [0, 0.05) is 25.0 Å². The molecule has 1 heterocycles. The van der Waals surface area contributed by atoms with Crippen molar-refractivity contribution in [2.45, 2.75) is 27.7 Å². The number of rotatable bonds is 7. The Hall–Kier alpha value is -4.60. The highest BCUT2D eigenvalue weighted by molar-refractivity contribution is 6.01. The zero-order valence-corrected chi connectivity index (χ0v) is 20.5. The maximum Gasteiger partial charge on any atom is 0.339 e. The zero-order valence-electron chi connectivity index (χ0n) is 20.5. The summed E-state index contributed by atoms with van der Waals surface area (Å²) in [6.45, 7) is 5.36. The van der Waals surface area contributed by atoms with E-state index in [0.717, 1.165) is 13.8 Å². The van der Waals surface area contributed by atoms with Crippen molar-refractivity contribution in [1.29, 1.82) is 0 Å². The summed E-state index contributed by atoms with van der Waals surface area (Å²) in [6, 6.07) is 8.55. The Labute approximate surface area is 206 Å². The predicted octanol–water partition coefficient (Wildman–Crippen LogP) is 4.20. The lowest BCUT2D eigenvalue weighted by atomic mass is 10.1. The van der Waals surface area contributed by atoms with Crippen molar-refractivity contribution < 1.29 is 42.5 Å². The van der Waals surface area contributed by atoms with E-state index in [-0.39, 0.29) is 33.8 Å². The van der Waals surface area contributed by atoms with E-state index in [1.165, 1.54) is 27.2 Å². The Balaban J connectivity index is 2.60. The SMILES string of the molecule is C/C=C(\C)C(=O)Oc1c(OC(C)=O)c(OC)c(OC(C)=O)c2c(=O)c(OC)c(-c3ccccc3)oc12. The number of ether oxygens (including phenoxy) is 5. The van der Waals surface area contributed by atoms with Gasteiger partial charge in [-0.2, -0.15) is 0 Å². The molecule has 0 aliphatic carbocycles. The summed E-state index contributed by atoms with van der Waals surface area (Å²) < 4.78 is 33.0. The second-order valence-corrected chi connectivity index (χ2v) is 7.43. The number of hydrogen-bond acceptors (Lipinski definition) is 10. The van der Waals surface area contributed by atoms with E-state index in [1.54, 1.807) is 37.3 Å². The van der Waals surface area contributed by atoms with Gasteiger partial charge in [0.2, 0.25) is 28.4 Å². The number of methoxy groups -OCH3 is 2. The number of hydrogen-bond donors (Lipinski definition) is 0. The summed E-state index contributed by atoms with van der Waals surface area (Å²) in [5, 5.41) is -0.324. The molecule has 2 aromatic carbocycles. The molecular formula is C26H24O10. The Morgan fingerprint density at radius 3 is 1.89 bits per heavy atom. The molecule has 0 aliphatic rings. The molecule has 3 rings (SSSR count). The number of allylic oxidation sites excluding steroid dienone is 1. The van der Waals surface area contributed by atoms with Crippen LogP contribution in [0.1, 0.15) is 27.7 Å². The number of fused-ring (bicyclic) bond motifs is 1. The van der Waals surface area contributed by atoms with Gasteiger partial charge in [-0.15, -0.1) is 0 Å². The molecule has 1 aromatic heterocycles. The van der Waals surface area contributed by atoms with Crippen LogP contribution in [0.25, 0.3) is 22.3 Å². The minimum atomic E-state index is -0.811. The summed E-state index contributed by atoms with van der Waals surface area (Å²) in [5.41, 5.74) is -0.389. The van der Waals surface area contributed by atoms with Gasteiger partial charge in [-0.05, 0) is 13.8 Å². The quantitative estimate of drug-likeness (QED) is 0.267. The average Bonchev–Trinajstić information content (AvgIpc) is 2.85. The molecule has 0 aliphatic heterocycles. The molecule has 0 saturated carbocycles. The van der Waals surface area contributed by atoms with Gasteiger partial charge in [-0.1, -0.05) is 36.4 Å². The monoisotopic (exact) mass is 496 g/mol. The number of benzene rings is 2. The summed E-state index contributed by atoms with van der Waals surface area (Å²) in [6.07, 6.45) is 1.51. The smallest absolute Gasteiger partial charge is 0.339 e. The fraction of sp³-hybridized carbons (Fsp3) is 0.231. The summed E-state index contributed by atoms with van der Waals surface area (Å²) in [7, 11) is 2.47. The van der Waals surface area contributed by atoms with Gasteiger partial charge in [-0.25, -0.2) is 4.79 Å². The third-order valence-electron chi connectivity index (χ3n) is 5.01. The zero-order chi connectivity index (χ0) is 26.6. The highest BCUT2D eigenvalue weighted by Crippen LogP contribution is 2.52. The third kappa shape index (κ3) is 4.92. The third-order valence-corrected chi connectivity index (χ3v) is 5.01. The molecule has 0 N–H and O–H groups in total. The number of carbonyl (C=O) groups is 3. The fourth-order valence-corrected chi connectivity index (χ4v) is 3.32. The second-order valence-electron chi connectivity index (χ2n) is 7.43. The maximum absolute atomic E-state index is 13.7. The molecule has 188 valence electrons. The molecular weight excluding hydrogens is 472 g/mol. The molecule has 0 bridgehead atoms. The molecule has 0 amide bonds. The van der Waals surface area contributed by atoms with Crippen molar-refractivity contribution in [2.75, 3.05) is 14.2 Å². The van der Waals surface area contributed by atoms with Crippen molar-refractivity contribution in [3.05, 3.63) is 52.2 Å². The fourth-order valence-electron chi connectivity index (χ4n) is 3.32. The molecule has 0 atom stereocenters. The number of esters is 3. The lowest BCUT2D eigenvalue weighted by Crippen LogP contribution is -2.16. The van der Waals surface area contributed by atoms with Crippen LogP contribution in [-0.4, -0.2) is 32.1 Å². The van der Waals surface area contributed by atoms with Crippen LogP contribution in [0.2, 0.25) is 0 Å². The van der Waals surface area contributed by atoms with E-state index >= 15 is 0 Å². The Kier molecular flexibility index (Phi) is 7.78. The lowest BCUT2D eigenvalue weighted by Gasteiger charge is -2.19. The first kappa shape index (κ1) is 26.0. The van der Waals surface area contributed by atoms with E-state index in [9.17, 15) is 19.2 Å². The van der Waals surface area contributed by atoms with Crippen LogP contribution in [0.15, 0.2) is 51.2 Å². The minimum absolute atomic E-state index is 0.00312. The van der Waals surface area contributed by atoms with Gasteiger partial charge < -0.3 is 28.1 Å². The molecule has 0 fully saturated rings. The summed E-state index contributed by atoms with van der Waals surface area (Å²) >= 11 is 0. The first-order valence-corrected chi connectivity index (χ1v) is 10.7. The van der Waals surface area contributed by atoms with Crippen molar-refractivity contribution >= 4 is 28.9 Å². The minimum Gasteiger partial charge on any atom is -0.490 e. The van der Waals surface area contributed by atoms with Crippen LogP contribution in [0, 0.1) is 0 Å². The Morgan fingerprint density at radius 1 is 0.778 bits per heavy atom. The Bertz CT molecular complexity index is 1430. The summed E-state index contributed by atoms with van der Waals surface area (Å²) in [4.78, 5) is 50.4. The molecule has 10 nitrogen and oxygen atoms in total. The second kappa shape index (κ2) is 10.8. The first-order chi connectivity index (χ1) is 17.1. The van der Waals surface area contributed by atoms with E-state index in [0.29, 0.717) is 5.56 Å². The highest BCUT2D eigenvalue weighted by Gasteiger charge is 2.33. The number of carbonyl (C=O) groups excluding carboxylic acids is 3. The standard InChI is InChI=1S/C26H24O10/c1-7-13(2)26(30)36-24-21-17(20(33-14(3)27)23(32-6)25(24)34-15(4)28)18(29)22(31-5)19(35-21)16-11-9-8-10-12-16/h7-12H,1-6H3/b13-7+. The Morgan fingerprint density at radius 2 is 1.36 bits per heavy atom. The average molecular weight is 496 g/mol. The predicted molar refractivity (Wildman–Crippen MR) is 129 cm³/mol. The van der Waals surface area contributed by atoms with Crippen LogP contribution in [-0.2, 0) is 14.4 Å². The van der Waals surface area contributed by atoms with Crippen molar-refractivity contribution in [3.63, 3.8) is 0 Å². The lowest BCUT2D eigenvalue weighted by molar-refractivity contribution is -0.134. The van der Waals surface area contributed by atoms with Crippen LogP contribution in [0.4, 0.5) is 0 Å². The first-order valence-electron chi connectivity index (χ1n) is 10.7. The van der Waals surface area contributed by atoms with Crippen molar-refractivity contribution in [1.82, 2.24) is 0 Å². The maximum atomic E-state index is 13.7. The molecule has 3 aromatic rings. The molecule has 0 spiro atoms. The normalized spacial score (nSPS) is 11.1. The van der Waals surface area contributed by atoms with Gasteiger partial charge >= 0.3 is 17.9 Å². The van der Waals surface area contributed by atoms with E-state index < -0.39 is 40.6 Å². The van der Waals surface area contributed by atoms with Gasteiger partial charge in [0.25, 0.3) is 0 Å². The van der Waals surface area contributed by atoms with Gasteiger partial charge in [0.1, 0.15) is 5.39 Å². The summed E-state index contributed by atoms with van der Waals surface area (Å²) in [5.74, 6) is -4.19. The largest absolute Gasteiger partial charge is 0.490 e. The van der Waals surface area contributed by atoms with Crippen LogP contribution in [0.5, 0.6) is 28.7 Å². The van der Waals surface area contributed by atoms with E-state index in [4.69, 9.17) is 28.1 Å². The molecule has 36 heavy (non-hydrogen) atoms. The molecule has 0 radical (unpaired) electrons. The van der Waals surface area contributed by atoms with E-state index in [1.807, 2.05) is 0 Å². The molecule has 10 heteroatoms.